The lowest BCUT2D eigenvalue weighted by Crippen LogP contribution is -2.01. The van der Waals surface area contributed by atoms with Gasteiger partial charge in [-0.2, -0.15) is 0 Å². The van der Waals surface area contributed by atoms with E-state index in [2.05, 4.69) is 0 Å². The van der Waals surface area contributed by atoms with Crippen LogP contribution in [0.4, 0.5) is 4.39 Å². The average molecular weight is 477 g/mol. The zero-order valence-corrected chi connectivity index (χ0v) is 18.9. The van der Waals surface area contributed by atoms with Crippen molar-refractivity contribution in [1.29, 1.82) is 0 Å². The second kappa shape index (κ2) is 8.43. The quantitative estimate of drug-likeness (QED) is 0.211. The SMILES string of the molecule is O=c1c2ccccc2sc2c(F)cccc12.O=c1c2ccccc2sc2ccc(Cl)cc12. The predicted octanol–water partition coefficient (Wildman–Crippen LogP) is 7.62. The molecule has 0 saturated heterocycles. The van der Waals surface area contributed by atoms with E-state index < -0.39 is 0 Å². The first-order chi connectivity index (χ1) is 15.5. The fourth-order valence-corrected chi connectivity index (χ4v) is 5.86. The monoisotopic (exact) mass is 476 g/mol. The van der Waals surface area contributed by atoms with Crippen LogP contribution < -0.4 is 10.9 Å². The van der Waals surface area contributed by atoms with Gasteiger partial charge in [-0.1, -0.05) is 41.9 Å². The molecule has 156 valence electrons. The Balaban J connectivity index is 0.000000135. The molecule has 0 aliphatic heterocycles. The molecule has 0 spiro atoms. The van der Waals surface area contributed by atoms with Crippen molar-refractivity contribution in [3.8, 4) is 0 Å². The fraction of sp³-hybridized carbons (Fsp3) is 0. The molecular formula is C26H14ClFO2S2. The lowest BCUT2D eigenvalue weighted by atomic mass is 10.2. The number of halogens is 2. The Kier molecular flexibility index (Phi) is 5.47. The number of rotatable bonds is 0. The number of benzene rings is 4. The first kappa shape index (κ1) is 20.8. The van der Waals surface area contributed by atoms with Gasteiger partial charge < -0.3 is 0 Å². The van der Waals surface area contributed by atoms with Gasteiger partial charge in [-0.05, 0) is 54.6 Å². The van der Waals surface area contributed by atoms with Crippen LogP contribution in [0.1, 0.15) is 0 Å². The van der Waals surface area contributed by atoms with Crippen molar-refractivity contribution in [1.82, 2.24) is 0 Å². The molecule has 6 rings (SSSR count). The van der Waals surface area contributed by atoms with Crippen molar-refractivity contribution >= 4 is 74.6 Å². The Hall–Kier alpha value is -3.12. The largest absolute Gasteiger partial charge is 0.289 e. The highest BCUT2D eigenvalue weighted by molar-refractivity contribution is 7.25. The van der Waals surface area contributed by atoms with Gasteiger partial charge in [0.1, 0.15) is 5.82 Å². The molecule has 6 heteroatoms. The van der Waals surface area contributed by atoms with E-state index in [4.69, 9.17) is 11.6 Å². The highest BCUT2D eigenvalue weighted by Gasteiger charge is 2.08. The molecule has 6 aromatic rings. The summed E-state index contributed by atoms with van der Waals surface area (Å²) in [5.74, 6) is -0.328. The summed E-state index contributed by atoms with van der Waals surface area (Å²) >= 11 is 8.84. The van der Waals surface area contributed by atoms with Crippen molar-refractivity contribution in [3.05, 3.63) is 116 Å². The van der Waals surface area contributed by atoms with Gasteiger partial charge in [0.15, 0.2) is 10.9 Å². The van der Waals surface area contributed by atoms with E-state index in [0.29, 0.717) is 25.9 Å². The summed E-state index contributed by atoms with van der Waals surface area (Å²) in [7, 11) is 0. The third-order valence-corrected chi connectivity index (χ3v) is 7.68. The minimum Gasteiger partial charge on any atom is -0.289 e. The maximum absolute atomic E-state index is 13.6. The average Bonchev–Trinajstić information content (AvgIpc) is 2.81. The Morgan fingerprint density at radius 3 is 1.88 bits per heavy atom. The standard InChI is InChI=1S/C13H7ClOS.C13H7FOS/c14-8-5-6-12-10(7-8)13(15)9-3-1-2-4-11(9)16-12;14-10-6-3-5-9-12(15)8-4-1-2-7-11(8)16-13(9)10/h2*1-7H. The van der Waals surface area contributed by atoms with Gasteiger partial charge in [0.25, 0.3) is 0 Å². The molecule has 0 fully saturated rings. The topological polar surface area (TPSA) is 34.1 Å². The maximum atomic E-state index is 13.6. The highest BCUT2D eigenvalue weighted by Crippen LogP contribution is 2.27. The van der Waals surface area contributed by atoms with Crippen molar-refractivity contribution in [3.63, 3.8) is 0 Å². The summed E-state index contributed by atoms with van der Waals surface area (Å²) in [5.41, 5.74) is -0.0318. The molecule has 0 N–H and O–H groups in total. The van der Waals surface area contributed by atoms with Crippen LogP contribution in [0.25, 0.3) is 40.3 Å². The van der Waals surface area contributed by atoms with E-state index in [9.17, 15) is 14.0 Å². The van der Waals surface area contributed by atoms with E-state index in [1.54, 1.807) is 35.6 Å². The molecule has 0 aliphatic rings. The van der Waals surface area contributed by atoms with Crippen LogP contribution in [0.2, 0.25) is 5.02 Å². The van der Waals surface area contributed by atoms with Crippen molar-refractivity contribution in [2.45, 2.75) is 0 Å². The molecule has 4 aromatic carbocycles. The molecule has 2 nitrogen and oxygen atoms in total. The van der Waals surface area contributed by atoms with Gasteiger partial charge in [0.05, 0.1) is 4.70 Å². The Morgan fingerprint density at radius 2 is 1.16 bits per heavy atom. The van der Waals surface area contributed by atoms with E-state index in [-0.39, 0.29) is 16.7 Å². The van der Waals surface area contributed by atoms with Gasteiger partial charge in [0.2, 0.25) is 0 Å². The molecule has 32 heavy (non-hydrogen) atoms. The van der Waals surface area contributed by atoms with E-state index >= 15 is 0 Å². The van der Waals surface area contributed by atoms with Crippen molar-refractivity contribution in [2.24, 2.45) is 0 Å². The van der Waals surface area contributed by atoms with E-state index in [0.717, 1.165) is 19.5 Å². The third-order valence-electron chi connectivity index (χ3n) is 5.09. The highest BCUT2D eigenvalue weighted by atomic mass is 35.5. The second-order valence-corrected chi connectivity index (χ2v) is 9.68. The Labute approximate surface area is 194 Å². The summed E-state index contributed by atoms with van der Waals surface area (Å²) in [6.45, 7) is 0. The van der Waals surface area contributed by atoms with Crippen LogP contribution in [-0.2, 0) is 0 Å². The second-order valence-electron chi connectivity index (χ2n) is 7.11. The molecule has 0 radical (unpaired) electrons. The summed E-state index contributed by atoms with van der Waals surface area (Å²) < 4.78 is 16.8. The zero-order valence-electron chi connectivity index (χ0n) is 16.5. The lowest BCUT2D eigenvalue weighted by Gasteiger charge is -2.00. The first-order valence-electron chi connectivity index (χ1n) is 9.74. The molecular weight excluding hydrogens is 463 g/mol. The molecule has 0 saturated carbocycles. The van der Waals surface area contributed by atoms with Crippen LogP contribution >= 0.6 is 34.3 Å². The first-order valence-corrected chi connectivity index (χ1v) is 11.8. The van der Waals surface area contributed by atoms with Gasteiger partial charge >= 0.3 is 0 Å². The van der Waals surface area contributed by atoms with Crippen LogP contribution in [0.15, 0.2) is 94.5 Å². The maximum Gasteiger partial charge on any atom is 0.195 e. The number of hydrogen-bond donors (Lipinski definition) is 0. The van der Waals surface area contributed by atoms with Crippen LogP contribution in [0.5, 0.6) is 0 Å². The lowest BCUT2D eigenvalue weighted by molar-refractivity contribution is 0.641. The predicted molar refractivity (Wildman–Crippen MR) is 136 cm³/mol. The van der Waals surface area contributed by atoms with Crippen LogP contribution in [-0.4, -0.2) is 0 Å². The minimum atomic E-state index is -0.328. The summed E-state index contributed by atoms with van der Waals surface area (Å²) in [6, 6.07) is 25.0. The van der Waals surface area contributed by atoms with Gasteiger partial charge in [-0.15, -0.1) is 22.7 Å². The summed E-state index contributed by atoms with van der Waals surface area (Å²) in [6.07, 6.45) is 0. The molecule has 0 aliphatic carbocycles. The number of hydrogen-bond acceptors (Lipinski definition) is 4. The normalized spacial score (nSPS) is 11.1. The molecule has 2 heterocycles. The smallest absolute Gasteiger partial charge is 0.195 e. The van der Waals surface area contributed by atoms with Crippen molar-refractivity contribution in [2.75, 3.05) is 0 Å². The van der Waals surface area contributed by atoms with Gasteiger partial charge in [-0.25, -0.2) is 4.39 Å². The van der Waals surface area contributed by atoms with E-state index in [1.807, 2.05) is 54.6 Å². The fourth-order valence-electron chi connectivity index (χ4n) is 3.57. The molecule has 0 bridgehead atoms. The number of fused-ring (bicyclic) bond motifs is 4. The van der Waals surface area contributed by atoms with Gasteiger partial charge in [0, 0.05) is 40.7 Å². The molecule has 2 aromatic heterocycles. The minimum absolute atomic E-state index is 0.0619. The van der Waals surface area contributed by atoms with Crippen molar-refractivity contribution < 1.29 is 4.39 Å². The molecule has 0 amide bonds. The van der Waals surface area contributed by atoms with Crippen LogP contribution in [0.3, 0.4) is 0 Å². The summed E-state index contributed by atoms with van der Waals surface area (Å²) in [5, 5.41) is 3.19. The Bertz CT molecular complexity index is 1720. The Morgan fingerprint density at radius 1 is 0.594 bits per heavy atom. The molecule has 0 atom stereocenters. The van der Waals surface area contributed by atoms with Crippen LogP contribution in [0, 0.1) is 5.82 Å². The third kappa shape index (κ3) is 3.69. The van der Waals surface area contributed by atoms with E-state index in [1.165, 1.54) is 17.4 Å². The molecule has 0 unspecified atom stereocenters. The summed E-state index contributed by atoms with van der Waals surface area (Å²) in [4.78, 5) is 24.3. The zero-order chi connectivity index (χ0) is 22.2. The van der Waals surface area contributed by atoms with Gasteiger partial charge in [-0.3, -0.25) is 9.59 Å².